The molecule has 168 valence electrons. The minimum atomic E-state index is 0.00233. The van der Waals surface area contributed by atoms with Gasteiger partial charge in [0.25, 0.3) is 0 Å². The van der Waals surface area contributed by atoms with Crippen LogP contribution >= 0.6 is 22.9 Å². The maximum absolute atomic E-state index is 6.03. The van der Waals surface area contributed by atoms with Gasteiger partial charge in [-0.15, -0.1) is 0 Å². The third-order valence-corrected chi connectivity index (χ3v) is 9.36. The molecule has 8 nitrogen and oxygen atoms in total. The molecule has 34 heavy (non-hydrogen) atoms. The zero-order valence-corrected chi connectivity index (χ0v) is 21.3. The number of rotatable bonds is 5. The van der Waals surface area contributed by atoms with Crippen LogP contribution in [-0.2, 0) is 0 Å². The third-order valence-electron chi connectivity index (χ3n) is 5.37. The average Bonchev–Trinajstić information content (AvgIpc) is 3.54. The van der Waals surface area contributed by atoms with Crippen LogP contribution < -0.4 is 10.1 Å². The summed E-state index contributed by atoms with van der Waals surface area (Å²) in [5.41, 5.74) is 2.97. The number of methoxy groups -OCH3 is 1. The van der Waals surface area contributed by atoms with Crippen molar-refractivity contribution in [3.63, 3.8) is 0 Å². The minimum absolute atomic E-state index is 0.00233. The number of halogens is 1. The Morgan fingerprint density at radius 2 is 1.82 bits per heavy atom. The number of nitrogens with one attached hydrogen (secondary N) is 1. The number of benzene rings is 2. The van der Waals surface area contributed by atoms with Gasteiger partial charge in [-0.25, -0.2) is 0 Å². The molecule has 1 N–H and O–H groups in total. The van der Waals surface area contributed by atoms with Crippen molar-refractivity contribution in [3.8, 4) is 26.6 Å². The number of aromatic nitrogens is 6. The topological polar surface area (TPSA) is 90.1 Å². The van der Waals surface area contributed by atoms with Crippen LogP contribution in [0.1, 0.15) is 5.56 Å². The van der Waals surface area contributed by atoms with E-state index in [9.17, 15) is 0 Å². The Kier molecular flexibility index (Phi) is 5.30. The van der Waals surface area contributed by atoms with Gasteiger partial charge >= 0.3 is 210 Å². The van der Waals surface area contributed by atoms with Crippen molar-refractivity contribution in [2.45, 2.75) is 6.92 Å². The van der Waals surface area contributed by atoms with Crippen LogP contribution in [0.2, 0.25) is 5.02 Å². The third kappa shape index (κ3) is 3.65. The molecule has 6 aromatic rings. The molecule has 0 aliphatic rings. The van der Waals surface area contributed by atoms with Gasteiger partial charge in [-0.3, -0.25) is 0 Å². The number of ether oxygens (including phenoxy) is 1. The van der Waals surface area contributed by atoms with Crippen LogP contribution in [0.3, 0.4) is 0 Å². The molecule has 0 spiro atoms. The fourth-order valence-corrected chi connectivity index (χ4v) is 7.27. The maximum atomic E-state index is 6.03. The van der Waals surface area contributed by atoms with E-state index in [2.05, 4.69) is 32.4 Å². The van der Waals surface area contributed by atoms with E-state index in [1.165, 1.54) is 15.8 Å². The molecule has 0 aliphatic heterocycles. The number of hydrogen-bond acceptors (Lipinski definition) is 8. The van der Waals surface area contributed by atoms with Crippen LogP contribution in [0.25, 0.3) is 35.6 Å². The SMILES string of the molecule is COc1ccc(-c2nnc3sc(-c4[se]c5ncnc(Nc6ccc(Cl)cc6)c5c4C)nn23)cc1. The van der Waals surface area contributed by atoms with Crippen molar-refractivity contribution >= 4 is 63.7 Å². The fourth-order valence-electron chi connectivity index (χ4n) is 3.67. The van der Waals surface area contributed by atoms with Gasteiger partial charge in [-0.2, -0.15) is 0 Å². The molecule has 0 amide bonds. The second-order valence-electron chi connectivity index (χ2n) is 7.44. The summed E-state index contributed by atoms with van der Waals surface area (Å²) < 4.78 is 9.28. The molecule has 11 heteroatoms. The zero-order chi connectivity index (χ0) is 23.2. The molecule has 4 aromatic heterocycles. The summed E-state index contributed by atoms with van der Waals surface area (Å²) in [5.74, 6) is 2.27. The molecule has 2 aromatic carbocycles. The molecule has 0 aliphatic carbocycles. The first kappa shape index (κ1) is 21.2. The summed E-state index contributed by atoms with van der Waals surface area (Å²) in [6.45, 7) is 2.10. The summed E-state index contributed by atoms with van der Waals surface area (Å²) in [5, 5.41) is 19.6. The predicted octanol–water partition coefficient (Wildman–Crippen LogP) is 5.23. The Balaban J connectivity index is 1.41. The summed E-state index contributed by atoms with van der Waals surface area (Å²) in [6.07, 6.45) is 1.61. The van der Waals surface area contributed by atoms with Gasteiger partial charge in [0.15, 0.2) is 0 Å². The van der Waals surface area contributed by atoms with E-state index in [0.717, 1.165) is 48.1 Å². The molecule has 0 saturated carbocycles. The molecule has 0 atom stereocenters. The van der Waals surface area contributed by atoms with E-state index < -0.39 is 0 Å². The Hall–Kier alpha value is -3.30. The Bertz CT molecular complexity index is 1640. The van der Waals surface area contributed by atoms with Crippen molar-refractivity contribution in [1.29, 1.82) is 0 Å². The number of nitrogens with zero attached hydrogens (tertiary/aromatic N) is 6. The van der Waals surface area contributed by atoms with Crippen LogP contribution in [0, 0.1) is 6.92 Å². The summed E-state index contributed by atoms with van der Waals surface area (Å²) in [6, 6.07) is 15.3. The van der Waals surface area contributed by atoms with Crippen molar-refractivity contribution in [1.82, 2.24) is 29.8 Å². The van der Waals surface area contributed by atoms with Gasteiger partial charge in [0, 0.05) is 0 Å². The Morgan fingerprint density at radius 3 is 2.59 bits per heavy atom. The normalized spacial score (nSPS) is 11.4. The predicted molar refractivity (Wildman–Crippen MR) is 136 cm³/mol. The molecule has 0 bridgehead atoms. The van der Waals surface area contributed by atoms with E-state index in [1.807, 2.05) is 48.5 Å². The summed E-state index contributed by atoms with van der Waals surface area (Å²) in [4.78, 5) is 9.83. The van der Waals surface area contributed by atoms with Gasteiger partial charge < -0.3 is 0 Å². The zero-order valence-electron chi connectivity index (χ0n) is 18.0. The Labute approximate surface area is 209 Å². The number of hydrogen-bond donors (Lipinski definition) is 1. The number of anilines is 2. The van der Waals surface area contributed by atoms with Crippen molar-refractivity contribution in [2.75, 3.05) is 12.4 Å². The standard InChI is InChI=1S/C23H16ClN7OSSe/c1-12-17-19(27-15-7-5-14(24)6-8-15)25-11-26-22(17)34-18(12)21-30-31-20(28-29-23(31)33-21)13-3-9-16(32-2)10-4-13/h3-11H,1-2H3,(H,25,26,27). The van der Waals surface area contributed by atoms with Crippen LogP contribution in [0.5, 0.6) is 5.75 Å². The van der Waals surface area contributed by atoms with Crippen molar-refractivity contribution in [2.24, 2.45) is 0 Å². The van der Waals surface area contributed by atoms with Crippen molar-refractivity contribution < 1.29 is 4.74 Å². The molecule has 6 rings (SSSR count). The van der Waals surface area contributed by atoms with Crippen LogP contribution in [0.4, 0.5) is 11.5 Å². The van der Waals surface area contributed by atoms with Crippen molar-refractivity contribution in [3.05, 3.63) is 65.4 Å². The van der Waals surface area contributed by atoms with Gasteiger partial charge in [-0.1, -0.05) is 0 Å². The van der Waals surface area contributed by atoms with Gasteiger partial charge in [-0.05, 0) is 0 Å². The molecular weight excluding hydrogens is 537 g/mol. The average molecular weight is 553 g/mol. The van der Waals surface area contributed by atoms with Crippen LogP contribution in [-0.4, -0.2) is 51.4 Å². The molecule has 4 heterocycles. The van der Waals surface area contributed by atoms with E-state index in [4.69, 9.17) is 21.4 Å². The first-order valence-electron chi connectivity index (χ1n) is 10.2. The van der Waals surface area contributed by atoms with Gasteiger partial charge in [0.1, 0.15) is 0 Å². The van der Waals surface area contributed by atoms with E-state index >= 15 is 0 Å². The van der Waals surface area contributed by atoms with Crippen LogP contribution in [0.15, 0.2) is 54.9 Å². The second kappa shape index (κ2) is 8.48. The monoisotopic (exact) mass is 553 g/mol. The molecule has 0 radical (unpaired) electrons. The summed E-state index contributed by atoms with van der Waals surface area (Å²) in [7, 11) is 1.65. The molecule has 0 unspecified atom stereocenters. The summed E-state index contributed by atoms with van der Waals surface area (Å²) >= 11 is 7.56. The number of fused-ring (bicyclic) bond motifs is 2. The molecule has 0 saturated heterocycles. The van der Waals surface area contributed by atoms with E-state index in [1.54, 1.807) is 18.0 Å². The second-order valence-corrected chi connectivity index (χ2v) is 10.9. The first-order valence-corrected chi connectivity index (χ1v) is 13.1. The fraction of sp³-hybridized carbons (Fsp3) is 0.0870. The quantitative estimate of drug-likeness (QED) is 0.293. The van der Waals surface area contributed by atoms with E-state index in [0.29, 0.717) is 10.8 Å². The Morgan fingerprint density at radius 1 is 1.03 bits per heavy atom. The molecule has 0 fully saturated rings. The molecular formula is C23H16ClN7OSSe. The number of aryl methyl sites for hydroxylation is 1. The first-order chi connectivity index (χ1) is 16.6. The van der Waals surface area contributed by atoms with E-state index in [-0.39, 0.29) is 14.5 Å². The van der Waals surface area contributed by atoms with Gasteiger partial charge in [0.2, 0.25) is 0 Å². The van der Waals surface area contributed by atoms with Gasteiger partial charge in [0.05, 0.1) is 0 Å².